The molecule has 136 valence electrons. The van der Waals surface area contributed by atoms with Crippen molar-refractivity contribution >= 4 is 40.6 Å². The highest BCUT2D eigenvalue weighted by Gasteiger charge is 2.25. The van der Waals surface area contributed by atoms with Crippen LogP contribution < -0.4 is 10.6 Å². The molecule has 6 nitrogen and oxygen atoms in total. The molecule has 0 atom stereocenters. The SMILES string of the molecule is CNC1CCN(C(=O)c2sc(NC(=O)c3ccco3)cc2C)CC1.Cl. The lowest BCUT2D eigenvalue weighted by molar-refractivity contribution is 0.0711. The first-order chi connectivity index (χ1) is 11.6. The summed E-state index contributed by atoms with van der Waals surface area (Å²) in [5, 5.41) is 6.70. The summed E-state index contributed by atoms with van der Waals surface area (Å²) in [6.07, 6.45) is 3.39. The number of carbonyl (C=O) groups excluding carboxylic acids is 2. The van der Waals surface area contributed by atoms with E-state index in [1.54, 1.807) is 12.1 Å². The molecule has 3 heterocycles. The molecule has 0 aromatic carbocycles. The van der Waals surface area contributed by atoms with Gasteiger partial charge in [0.2, 0.25) is 0 Å². The average molecular weight is 384 g/mol. The van der Waals surface area contributed by atoms with Gasteiger partial charge in [0.15, 0.2) is 5.76 Å². The Hall–Kier alpha value is -1.83. The fourth-order valence-electron chi connectivity index (χ4n) is 2.85. The first-order valence-electron chi connectivity index (χ1n) is 8.00. The maximum Gasteiger partial charge on any atom is 0.291 e. The Balaban J connectivity index is 0.00000225. The van der Waals surface area contributed by atoms with E-state index in [0.29, 0.717) is 15.9 Å². The number of nitrogens with zero attached hydrogens (tertiary/aromatic N) is 1. The second kappa shape index (κ2) is 8.51. The van der Waals surface area contributed by atoms with Crippen LogP contribution in [0.15, 0.2) is 28.9 Å². The summed E-state index contributed by atoms with van der Waals surface area (Å²) in [4.78, 5) is 27.3. The highest BCUT2D eigenvalue weighted by Crippen LogP contribution is 2.29. The lowest BCUT2D eigenvalue weighted by atomic mass is 10.1. The van der Waals surface area contributed by atoms with Gasteiger partial charge < -0.3 is 20.0 Å². The molecule has 0 saturated carbocycles. The lowest BCUT2D eigenvalue weighted by Gasteiger charge is -2.31. The van der Waals surface area contributed by atoms with E-state index in [9.17, 15) is 9.59 Å². The first-order valence-corrected chi connectivity index (χ1v) is 8.82. The predicted molar refractivity (Wildman–Crippen MR) is 101 cm³/mol. The number of aryl methyl sites for hydroxylation is 1. The molecule has 1 aliphatic rings. The van der Waals surface area contributed by atoms with Crippen molar-refractivity contribution in [3.05, 3.63) is 40.7 Å². The Labute approximate surface area is 157 Å². The molecule has 1 fully saturated rings. The van der Waals surface area contributed by atoms with Crippen molar-refractivity contribution in [2.45, 2.75) is 25.8 Å². The highest BCUT2D eigenvalue weighted by molar-refractivity contribution is 7.18. The van der Waals surface area contributed by atoms with Crippen molar-refractivity contribution in [3.63, 3.8) is 0 Å². The maximum atomic E-state index is 12.7. The van der Waals surface area contributed by atoms with Crippen LogP contribution in [-0.2, 0) is 0 Å². The molecule has 2 aromatic heterocycles. The molecule has 0 spiro atoms. The van der Waals surface area contributed by atoms with Gasteiger partial charge in [0, 0.05) is 19.1 Å². The summed E-state index contributed by atoms with van der Waals surface area (Å²) < 4.78 is 5.08. The number of amides is 2. The number of hydrogen-bond donors (Lipinski definition) is 2. The summed E-state index contributed by atoms with van der Waals surface area (Å²) in [5.41, 5.74) is 0.885. The Kier molecular flexibility index (Phi) is 6.64. The van der Waals surface area contributed by atoms with Crippen LogP contribution in [0.3, 0.4) is 0 Å². The van der Waals surface area contributed by atoms with Crippen molar-refractivity contribution in [1.29, 1.82) is 0 Å². The number of furan rings is 1. The second-order valence-corrected chi connectivity index (χ2v) is 6.96. The average Bonchev–Trinajstić information content (AvgIpc) is 3.24. The number of nitrogens with one attached hydrogen (secondary N) is 2. The fourth-order valence-corrected chi connectivity index (χ4v) is 3.89. The van der Waals surface area contributed by atoms with E-state index in [0.717, 1.165) is 31.5 Å². The molecular weight excluding hydrogens is 362 g/mol. The molecule has 8 heteroatoms. The Morgan fingerprint density at radius 1 is 1.32 bits per heavy atom. The van der Waals surface area contributed by atoms with E-state index >= 15 is 0 Å². The zero-order valence-electron chi connectivity index (χ0n) is 14.2. The van der Waals surface area contributed by atoms with Gasteiger partial charge in [0.05, 0.1) is 16.1 Å². The van der Waals surface area contributed by atoms with Crippen molar-refractivity contribution in [2.75, 3.05) is 25.5 Å². The minimum atomic E-state index is -0.310. The van der Waals surface area contributed by atoms with E-state index in [4.69, 9.17) is 4.42 Å². The van der Waals surface area contributed by atoms with E-state index in [1.807, 2.05) is 24.9 Å². The van der Waals surface area contributed by atoms with E-state index in [1.165, 1.54) is 17.6 Å². The van der Waals surface area contributed by atoms with Crippen LogP contribution in [0.2, 0.25) is 0 Å². The number of thiophene rings is 1. The van der Waals surface area contributed by atoms with Gasteiger partial charge in [-0.2, -0.15) is 0 Å². The van der Waals surface area contributed by atoms with Crippen LogP contribution in [0.1, 0.15) is 38.6 Å². The van der Waals surface area contributed by atoms with E-state index < -0.39 is 0 Å². The van der Waals surface area contributed by atoms with Crippen molar-refractivity contribution in [1.82, 2.24) is 10.2 Å². The van der Waals surface area contributed by atoms with E-state index in [-0.39, 0.29) is 30.0 Å². The lowest BCUT2D eigenvalue weighted by Crippen LogP contribution is -2.43. The minimum Gasteiger partial charge on any atom is -0.459 e. The van der Waals surface area contributed by atoms with Crippen LogP contribution in [-0.4, -0.2) is 42.9 Å². The molecular formula is C17H22ClN3O3S. The molecule has 0 bridgehead atoms. The first kappa shape index (κ1) is 19.5. The van der Waals surface area contributed by atoms with E-state index in [2.05, 4.69) is 10.6 Å². The Bertz CT molecular complexity index is 722. The van der Waals surface area contributed by atoms with Gasteiger partial charge in [-0.25, -0.2) is 0 Å². The van der Waals surface area contributed by atoms with Gasteiger partial charge in [-0.05, 0) is 50.6 Å². The minimum absolute atomic E-state index is 0. The molecule has 1 saturated heterocycles. The molecule has 0 radical (unpaired) electrons. The molecule has 2 aromatic rings. The third kappa shape index (κ3) is 4.42. The van der Waals surface area contributed by atoms with Crippen LogP contribution >= 0.6 is 23.7 Å². The normalized spacial score (nSPS) is 14.9. The number of anilines is 1. The number of carbonyl (C=O) groups is 2. The Morgan fingerprint density at radius 3 is 2.64 bits per heavy atom. The molecule has 2 N–H and O–H groups in total. The molecule has 3 rings (SSSR count). The van der Waals surface area contributed by atoms with Crippen molar-refractivity contribution < 1.29 is 14.0 Å². The Morgan fingerprint density at radius 2 is 2.04 bits per heavy atom. The van der Waals surface area contributed by atoms with Gasteiger partial charge in [-0.3, -0.25) is 9.59 Å². The van der Waals surface area contributed by atoms with Gasteiger partial charge in [0.25, 0.3) is 11.8 Å². The third-order valence-electron chi connectivity index (χ3n) is 4.28. The predicted octanol–water partition coefficient (Wildman–Crippen LogP) is 3.15. The number of rotatable bonds is 4. The van der Waals surface area contributed by atoms with Gasteiger partial charge in [0.1, 0.15) is 0 Å². The zero-order chi connectivity index (χ0) is 17.1. The summed E-state index contributed by atoms with van der Waals surface area (Å²) in [5.74, 6) is -0.0105. The zero-order valence-corrected chi connectivity index (χ0v) is 15.8. The summed E-state index contributed by atoms with van der Waals surface area (Å²) in [7, 11) is 1.96. The maximum absolute atomic E-state index is 12.7. The molecule has 25 heavy (non-hydrogen) atoms. The van der Waals surface area contributed by atoms with Gasteiger partial charge in [-0.1, -0.05) is 0 Å². The largest absolute Gasteiger partial charge is 0.459 e. The molecule has 0 aliphatic carbocycles. The summed E-state index contributed by atoms with van der Waals surface area (Å²) in [6, 6.07) is 5.59. The molecule has 0 unspecified atom stereocenters. The number of likely N-dealkylation sites (tertiary alicyclic amines) is 1. The third-order valence-corrected chi connectivity index (χ3v) is 5.42. The smallest absolute Gasteiger partial charge is 0.291 e. The van der Waals surface area contributed by atoms with Crippen LogP contribution in [0, 0.1) is 6.92 Å². The number of piperidine rings is 1. The monoisotopic (exact) mass is 383 g/mol. The van der Waals surface area contributed by atoms with Gasteiger partial charge in [-0.15, -0.1) is 23.7 Å². The fraction of sp³-hybridized carbons (Fsp3) is 0.412. The number of hydrogen-bond acceptors (Lipinski definition) is 5. The topological polar surface area (TPSA) is 74.6 Å². The second-order valence-electron chi connectivity index (χ2n) is 5.91. The summed E-state index contributed by atoms with van der Waals surface area (Å²) >= 11 is 1.31. The molecule has 1 aliphatic heterocycles. The van der Waals surface area contributed by atoms with Gasteiger partial charge >= 0.3 is 0 Å². The quantitative estimate of drug-likeness (QED) is 0.850. The highest BCUT2D eigenvalue weighted by atomic mass is 35.5. The van der Waals surface area contributed by atoms with Crippen LogP contribution in [0.25, 0.3) is 0 Å². The number of halogens is 1. The van der Waals surface area contributed by atoms with Crippen LogP contribution in [0.4, 0.5) is 5.00 Å². The van der Waals surface area contributed by atoms with Crippen LogP contribution in [0.5, 0.6) is 0 Å². The standard InChI is InChI=1S/C17H21N3O3S.ClH/c1-11-10-14(19-16(21)13-4-3-9-23-13)24-15(11)17(22)20-7-5-12(18-2)6-8-20;/h3-4,9-10,12,18H,5-8H2,1-2H3,(H,19,21);1H. The molecule has 2 amide bonds. The van der Waals surface area contributed by atoms with Crippen molar-refractivity contribution in [2.24, 2.45) is 0 Å². The summed E-state index contributed by atoms with van der Waals surface area (Å²) in [6.45, 7) is 3.41. The van der Waals surface area contributed by atoms with Crippen molar-refractivity contribution in [3.8, 4) is 0 Å².